The van der Waals surface area contributed by atoms with Crippen LogP contribution in [0.25, 0.3) is 0 Å². The first-order valence-electron chi connectivity index (χ1n) is 6.15. The van der Waals surface area contributed by atoms with Crippen LogP contribution in [-0.2, 0) is 18.8 Å². The van der Waals surface area contributed by atoms with Crippen LogP contribution in [0.4, 0.5) is 0 Å². The van der Waals surface area contributed by atoms with Gasteiger partial charge >= 0.3 is 0 Å². The topological polar surface area (TPSA) is 60.0 Å². The summed E-state index contributed by atoms with van der Waals surface area (Å²) in [7, 11) is 2.05. The fourth-order valence-corrected chi connectivity index (χ4v) is 2.15. The molecule has 2 rings (SSSR count). The van der Waals surface area contributed by atoms with Gasteiger partial charge in [0.25, 0.3) is 0 Å². The Balaban J connectivity index is 1.80. The van der Waals surface area contributed by atoms with Gasteiger partial charge in [-0.05, 0) is 20.2 Å². The van der Waals surface area contributed by atoms with Gasteiger partial charge in [0.15, 0.2) is 5.82 Å². The molecule has 104 valence electrons. The van der Waals surface area contributed by atoms with E-state index in [-0.39, 0.29) is 0 Å². The fraction of sp³-hybridized carbons (Fsp3) is 0.583. The summed E-state index contributed by atoms with van der Waals surface area (Å²) in [6.45, 7) is 4.51. The number of thioether (sulfide) groups is 1. The molecular weight excluding hydrogens is 262 g/mol. The lowest BCUT2D eigenvalue weighted by Gasteiger charge is -2.14. The second-order valence-corrected chi connectivity index (χ2v) is 5.31. The van der Waals surface area contributed by atoms with Crippen LogP contribution in [0.3, 0.4) is 0 Å². The van der Waals surface area contributed by atoms with Crippen molar-refractivity contribution in [1.29, 1.82) is 0 Å². The van der Waals surface area contributed by atoms with E-state index in [9.17, 15) is 0 Å². The van der Waals surface area contributed by atoms with Gasteiger partial charge in [0, 0.05) is 25.5 Å². The third-order valence-corrected chi connectivity index (χ3v) is 3.38. The molecule has 0 aliphatic carbocycles. The first kappa shape index (κ1) is 14.1. The minimum atomic E-state index is 0.675. The van der Waals surface area contributed by atoms with Crippen molar-refractivity contribution in [2.45, 2.75) is 25.8 Å². The molecule has 0 N–H and O–H groups in total. The molecule has 0 radical (unpaired) electrons. The van der Waals surface area contributed by atoms with Gasteiger partial charge in [-0.15, -0.1) is 0 Å². The molecule has 0 fully saturated rings. The maximum Gasteiger partial charge on any atom is 0.240 e. The second kappa shape index (κ2) is 6.72. The molecule has 0 saturated carbocycles. The first-order valence-corrected chi connectivity index (χ1v) is 7.55. The third-order valence-electron chi connectivity index (χ3n) is 2.84. The van der Waals surface area contributed by atoms with Crippen molar-refractivity contribution < 1.29 is 4.52 Å². The van der Waals surface area contributed by atoms with Crippen molar-refractivity contribution in [3.63, 3.8) is 0 Å². The number of aromatic nitrogens is 4. The Hall–Kier alpha value is -1.34. The molecule has 0 aromatic carbocycles. The van der Waals surface area contributed by atoms with Gasteiger partial charge < -0.3 is 9.09 Å². The van der Waals surface area contributed by atoms with Crippen LogP contribution in [0.5, 0.6) is 0 Å². The minimum Gasteiger partial charge on any atom is -0.338 e. The highest BCUT2D eigenvalue weighted by Gasteiger charge is 2.09. The van der Waals surface area contributed by atoms with Crippen molar-refractivity contribution in [3.05, 3.63) is 29.9 Å². The Labute approximate surface area is 117 Å². The van der Waals surface area contributed by atoms with Crippen molar-refractivity contribution >= 4 is 11.8 Å². The Kier molecular flexibility index (Phi) is 4.98. The summed E-state index contributed by atoms with van der Waals surface area (Å²) in [5.74, 6) is 3.27. The van der Waals surface area contributed by atoms with E-state index in [4.69, 9.17) is 4.52 Å². The zero-order valence-corrected chi connectivity index (χ0v) is 12.4. The number of nitrogens with zero attached hydrogens (tertiary/aromatic N) is 5. The molecule has 0 aliphatic rings. The van der Waals surface area contributed by atoms with Crippen LogP contribution in [0.1, 0.15) is 17.5 Å². The number of aryl methyl sites for hydroxylation is 1. The fourth-order valence-electron chi connectivity index (χ4n) is 1.77. The molecule has 0 spiro atoms. The van der Waals surface area contributed by atoms with Gasteiger partial charge in [-0.1, -0.05) is 5.16 Å². The van der Waals surface area contributed by atoms with Crippen molar-refractivity contribution in [3.8, 4) is 0 Å². The summed E-state index contributed by atoms with van der Waals surface area (Å²) in [5.41, 5.74) is 0. The van der Waals surface area contributed by atoms with E-state index >= 15 is 0 Å². The van der Waals surface area contributed by atoms with Crippen LogP contribution in [0, 0.1) is 6.92 Å². The average Bonchev–Trinajstić information content (AvgIpc) is 2.97. The lowest BCUT2D eigenvalue weighted by atomic mass is 10.5. The van der Waals surface area contributed by atoms with Crippen LogP contribution < -0.4 is 0 Å². The van der Waals surface area contributed by atoms with E-state index in [0.717, 1.165) is 30.5 Å². The number of rotatable bonds is 7. The Morgan fingerprint density at radius 3 is 3.00 bits per heavy atom. The van der Waals surface area contributed by atoms with E-state index in [1.807, 2.05) is 32.6 Å². The van der Waals surface area contributed by atoms with E-state index in [1.165, 1.54) is 0 Å². The largest absolute Gasteiger partial charge is 0.338 e. The molecule has 0 aliphatic heterocycles. The van der Waals surface area contributed by atoms with Crippen LogP contribution in [-0.4, -0.2) is 44.4 Å². The molecule has 2 aromatic heterocycles. The summed E-state index contributed by atoms with van der Waals surface area (Å²) in [6, 6.07) is 0. The highest BCUT2D eigenvalue weighted by Crippen LogP contribution is 2.07. The van der Waals surface area contributed by atoms with Crippen LogP contribution in [0.2, 0.25) is 0 Å². The van der Waals surface area contributed by atoms with Gasteiger partial charge in [-0.25, -0.2) is 4.98 Å². The van der Waals surface area contributed by atoms with E-state index in [0.29, 0.717) is 12.4 Å². The quantitative estimate of drug-likeness (QED) is 0.768. The summed E-state index contributed by atoms with van der Waals surface area (Å²) in [5, 5.41) is 3.93. The Morgan fingerprint density at radius 1 is 1.47 bits per heavy atom. The third kappa shape index (κ3) is 4.07. The smallest absolute Gasteiger partial charge is 0.240 e. The summed E-state index contributed by atoms with van der Waals surface area (Å²) < 4.78 is 7.34. The molecule has 0 atom stereocenters. The zero-order valence-electron chi connectivity index (χ0n) is 11.5. The normalized spacial score (nSPS) is 11.4. The predicted molar refractivity (Wildman–Crippen MR) is 74.8 cm³/mol. The van der Waals surface area contributed by atoms with Gasteiger partial charge in [0.2, 0.25) is 5.89 Å². The maximum absolute atomic E-state index is 5.21. The monoisotopic (exact) mass is 281 g/mol. The second-order valence-electron chi connectivity index (χ2n) is 4.44. The van der Waals surface area contributed by atoms with E-state index in [1.54, 1.807) is 11.8 Å². The van der Waals surface area contributed by atoms with E-state index in [2.05, 4.69) is 24.6 Å². The van der Waals surface area contributed by atoms with Gasteiger partial charge in [-0.2, -0.15) is 16.7 Å². The van der Waals surface area contributed by atoms with Crippen molar-refractivity contribution in [1.82, 2.24) is 24.6 Å². The van der Waals surface area contributed by atoms with Gasteiger partial charge in [0.1, 0.15) is 5.82 Å². The highest BCUT2D eigenvalue weighted by atomic mass is 32.2. The summed E-state index contributed by atoms with van der Waals surface area (Å²) >= 11 is 1.69. The lowest BCUT2D eigenvalue weighted by Crippen LogP contribution is -2.23. The van der Waals surface area contributed by atoms with Crippen LogP contribution in [0.15, 0.2) is 16.9 Å². The predicted octanol–water partition coefficient (Wildman–Crippen LogP) is 1.57. The molecule has 7 heteroatoms. The molecular formula is C12H19N5OS. The molecule has 2 aromatic rings. The number of imidazole rings is 1. The summed E-state index contributed by atoms with van der Waals surface area (Å²) in [6.07, 6.45) is 5.84. The first-order chi connectivity index (χ1) is 9.19. The standard InChI is InChI=1S/C12H19N5OS/c1-10-13-4-5-17(10)7-6-16(2)8-12-14-11(9-19-3)15-18-12/h4-5H,6-9H2,1-3H3. The molecule has 0 unspecified atom stereocenters. The summed E-state index contributed by atoms with van der Waals surface area (Å²) in [4.78, 5) is 10.7. The van der Waals surface area contributed by atoms with Gasteiger partial charge in [0.05, 0.1) is 12.3 Å². The number of hydrogen-bond acceptors (Lipinski definition) is 6. The minimum absolute atomic E-state index is 0.675. The van der Waals surface area contributed by atoms with E-state index < -0.39 is 0 Å². The van der Waals surface area contributed by atoms with Crippen molar-refractivity contribution in [2.24, 2.45) is 0 Å². The lowest BCUT2D eigenvalue weighted by molar-refractivity contribution is 0.258. The Morgan fingerprint density at radius 2 is 2.32 bits per heavy atom. The number of likely N-dealkylation sites (N-methyl/N-ethyl adjacent to an activating group) is 1. The van der Waals surface area contributed by atoms with Crippen molar-refractivity contribution in [2.75, 3.05) is 19.8 Å². The molecule has 0 saturated heterocycles. The highest BCUT2D eigenvalue weighted by molar-refractivity contribution is 7.97. The maximum atomic E-state index is 5.21. The van der Waals surface area contributed by atoms with Crippen LogP contribution >= 0.6 is 11.8 Å². The Bertz CT molecular complexity index is 510. The number of hydrogen-bond donors (Lipinski definition) is 0. The van der Waals surface area contributed by atoms with Gasteiger partial charge in [-0.3, -0.25) is 4.90 Å². The molecule has 19 heavy (non-hydrogen) atoms. The SMILES string of the molecule is CSCc1noc(CN(C)CCn2ccnc2C)n1. The molecule has 0 bridgehead atoms. The average molecular weight is 281 g/mol. The molecule has 2 heterocycles. The molecule has 6 nitrogen and oxygen atoms in total. The zero-order chi connectivity index (χ0) is 13.7. The molecule has 0 amide bonds.